The zero-order valence-corrected chi connectivity index (χ0v) is 16.9. The molecule has 0 aliphatic rings. The van der Waals surface area contributed by atoms with Gasteiger partial charge in [-0.1, -0.05) is 38.1 Å². The van der Waals surface area contributed by atoms with Crippen molar-refractivity contribution in [3.8, 4) is 11.1 Å². The third-order valence-electron chi connectivity index (χ3n) is 3.84. The van der Waals surface area contributed by atoms with Gasteiger partial charge in [0.15, 0.2) is 0 Å². The molecule has 0 amide bonds. The summed E-state index contributed by atoms with van der Waals surface area (Å²) in [6.07, 6.45) is 1.03. The predicted molar refractivity (Wildman–Crippen MR) is 116 cm³/mol. The standard InChI is InChI=1S/C23H31N3/c1-16(2)13-18(5)25-22-11-7-9-20(14-22)21-10-8-12-23(15-21)26-19(6)24-17(3)4/h7-12,14-17H,13H2,1-6H3,(H,24,26). The highest BCUT2D eigenvalue weighted by Crippen LogP contribution is 2.26. The van der Waals surface area contributed by atoms with E-state index in [0.717, 1.165) is 23.6 Å². The van der Waals surface area contributed by atoms with E-state index in [-0.39, 0.29) is 6.04 Å². The number of benzene rings is 2. The SMILES string of the molecule is CC(CC(C)C)=Nc1cccc(-c2cccc(NC(C)=NC(C)C)c2)c1. The highest BCUT2D eigenvalue weighted by atomic mass is 15.0. The maximum atomic E-state index is 4.77. The van der Waals surface area contributed by atoms with E-state index in [1.165, 1.54) is 16.8 Å². The summed E-state index contributed by atoms with van der Waals surface area (Å²) in [7, 11) is 0. The van der Waals surface area contributed by atoms with Crippen LogP contribution in [0.1, 0.15) is 48.0 Å². The van der Waals surface area contributed by atoms with Gasteiger partial charge in [0.2, 0.25) is 0 Å². The van der Waals surface area contributed by atoms with Crippen LogP contribution in [0.4, 0.5) is 11.4 Å². The zero-order valence-electron chi connectivity index (χ0n) is 16.9. The fourth-order valence-electron chi connectivity index (χ4n) is 3.02. The number of hydrogen-bond acceptors (Lipinski definition) is 2. The molecule has 0 unspecified atom stereocenters. The van der Waals surface area contributed by atoms with Crippen molar-refractivity contribution in [2.24, 2.45) is 15.9 Å². The first-order valence-electron chi connectivity index (χ1n) is 9.39. The van der Waals surface area contributed by atoms with Gasteiger partial charge in [-0.15, -0.1) is 0 Å². The molecule has 3 nitrogen and oxygen atoms in total. The first-order chi connectivity index (χ1) is 12.3. The van der Waals surface area contributed by atoms with Gasteiger partial charge in [-0.3, -0.25) is 9.98 Å². The Kier molecular flexibility index (Phi) is 7.14. The van der Waals surface area contributed by atoms with Crippen molar-refractivity contribution in [1.82, 2.24) is 0 Å². The van der Waals surface area contributed by atoms with Crippen LogP contribution in [0, 0.1) is 5.92 Å². The average Bonchev–Trinajstić information content (AvgIpc) is 2.53. The van der Waals surface area contributed by atoms with Crippen molar-refractivity contribution in [1.29, 1.82) is 0 Å². The van der Waals surface area contributed by atoms with Gasteiger partial charge in [0.1, 0.15) is 0 Å². The van der Waals surface area contributed by atoms with Crippen molar-refractivity contribution < 1.29 is 0 Å². The number of rotatable bonds is 6. The molecule has 3 heteroatoms. The number of aliphatic imine (C=N–C) groups is 2. The van der Waals surface area contributed by atoms with Crippen LogP contribution in [-0.4, -0.2) is 17.6 Å². The lowest BCUT2D eigenvalue weighted by Gasteiger charge is -2.10. The Morgan fingerprint density at radius 3 is 2.23 bits per heavy atom. The largest absolute Gasteiger partial charge is 0.344 e. The summed E-state index contributed by atoms with van der Waals surface area (Å²) >= 11 is 0. The smallest absolute Gasteiger partial charge is 0.0978 e. The Bertz CT molecular complexity index is 786. The van der Waals surface area contributed by atoms with E-state index in [4.69, 9.17) is 4.99 Å². The number of amidine groups is 1. The maximum Gasteiger partial charge on any atom is 0.0978 e. The molecule has 0 aliphatic carbocycles. The van der Waals surface area contributed by atoms with Gasteiger partial charge in [-0.25, -0.2) is 0 Å². The second-order valence-electron chi connectivity index (χ2n) is 7.51. The fraction of sp³-hybridized carbons (Fsp3) is 0.391. The van der Waals surface area contributed by atoms with E-state index in [9.17, 15) is 0 Å². The molecule has 0 heterocycles. The number of nitrogens with zero attached hydrogens (tertiary/aromatic N) is 2. The zero-order chi connectivity index (χ0) is 19.1. The quantitative estimate of drug-likeness (QED) is 0.455. The van der Waals surface area contributed by atoms with Crippen LogP contribution in [-0.2, 0) is 0 Å². The molecule has 138 valence electrons. The maximum absolute atomic E-state index is 4.77. The second-order valence-corrected chi connectivity index (χ2v) is 7.51. The Hall–Kier alpha value is -2.42. The molecule has 1 N–H and O–H groups in total. The van der Waals surface area contributed by atoms with E-state index in [0.29, 0.717) is 5.92 Å². The van der Waals surface area contributed by atoms with Gasteiger partial charge in [-0.2, -0.15) is 0 Å². The first-order valence-corrected chi connectivity index (χ1v) is 9.39. The molecule has 0 atom stereocenters. The summed E-state index contributed by atoms with van der Waals surface area (Å²) in [5.41, 5.74) is 5.58. The van der Waals surface area contributed by atoms with Crippen LogP contribution < -0.4 is 5.32 Å². The highest BCUT2D eigenvalue weighted by molar-refractivity contribution is 5.94. The number of hydrogen-bond donors (Lipinski definition) is 1. The molecule has 0 bridgehead atoms. The molecule has 0 fully saturated rings. The molecule has 2 rings (SSSR count). The molecule has 0 aliphatic heterocycles. The molecule has 26 heavy (non-hydrogen) atoms. The summed E-state index contributed by atoms with van der Waals surface area (Å²) in [4.78, 5) is 9.30. The summed E-state index contributed by atoms with van der Waals surface area (Å²) in [5.74, 6) is 1.56. The Balaban J connectivity index is 2.24. The van der Waals surface area contributed by atoms with E-state index in [1.807, 2.05) is 6.92 Å². The van der Waals surface area contributed by atoms with E-state index < -0.39 is 0 Å². The monoisotopic (exact) mass is 349 g/mol. The third kappa shape index (κ3) is 6.47. The summed E-state index contributed by atoms with van der Waals surface area (Å²) in [5, 5.41) is 3.37. The van der Waals surface area contributed by atoms with Crippen molar-refractivity contribution in [3.05, 3.63) is 48.5 Å². The van der Waals surface area contributed by atoms with E-state index >= 15 is 0 Å². The summed E-state index contributed by atoms with van der Waals surface area (Å²) in [6, 6.07) is 17.1. The molecular weight excluding hydrogens is 318 g/mol. The van der Waals surface area contributed by atoms with Crippen molar-refractivity contribution in [3.63, 3.8) is 0 Å². The Labute approximate surface area is 158 Å². The second kappa shape index (κ2) is 9.33. The molecule has 0 saturated carbocycles. The van der Waals surface area contributed by atoms with Crippen molar-refractivity contribution in [2.45, 2.75) is 54.0 Å². The van der Waals surface area contributed by atoms with Crippen LogP contribution in [0.3, 0.4) is 0 Å². The van der Waals surface area contributed by atoms with Gasteiger partial charge in [0.05, 0.1) is 11.5 Å². The highest BCUT2D eigenvalue weighted by Gasteiger charge is 2.03. The number of nitrogens with one attached hydrogen (secondary N) is 1. The van der Waals surface area contributed by atoms with E-state index in [1.54, 1.807) is 0 Å². The molecule has 0 saturated heterocycles. The van der Waals surface area contributed by atoms with Crippen LogP contribution in [0.2, 0.25) is 0 Å². The van der Waals surface area contributed by atoms with Gasteiger partial charge in [-0.05, 0) is 75.4 Å². The third-order valence-corrected chi connectivity index (χ3v) is 3.84. The Morgan fingerprint density at radius 2 is 1.58 bits per heavy atom. The normalized spacial score (nSPS) is 12.8. The van der Waals surface area contributed by atoms with Gasteiger partial charge >= 0.3 is 0 Å². The lowest BCUT2D eigenvalue weighted by atomic mass is 10.0. The molecule has 0 spiro atoms. The first kappa shape index (κ1) is 19.9. The number of anilines is 1. The summed E-state index contributed by atoms with van der Waals surface area (Å²) in [6.45, 7) is 12.7. The summed E-state index contributed by atoms with van der Waals surface area (Å²) < 4.78 is 0. The van der Waals surface area contributed by atoms with Crippen LogP contribution >= 0.6 is 0 Å². The van der Waals surface area contributed by atoms with Gasteiger partial charge < -0.3 is 5.32 Å². The Morgan fingerprint density at radius 1 is 0.923 bits per heavy atom. The minimum absolute atomic E-state index is 0.286. The molecule has 2 aromatic carbocycles. The minimum atomic E-state index is 0.286. The van der Waals surface area contributed by atoms with Gasteiger partial charge in [0.25, 0.3) is 0 Å². The van der Waals surface area contributed by atoms with Crippen LogP contribution in [0.15, 0.2) is 58.5 Å². The lowest BCUT2D eigenvalue weighted by Crippen LogP contribution is -2.09. The molecular formula is C23H31N3. The molecule has 2 aromatic rings. The van der Waals surface area contributed by atoms with Crippen molar-refractivity contribution in [2.75, 3.05) is 5.32 Å². The van der Waals surface area contributed by atoms with Crippen LogP contribution in [0.25, 0.3) is 11.1 Å². The average molecular weight is 350 g/mol. The fourth-order valence-corrected chi connectivity index (χ4v) is 3.02. The predicted octanol–water partition coefficient (Wildman–Crippen LogP) is 6.73. The lowest BCUT2D eigenvalue weighted by molar-refractivity contribution is 0.682. The van der Waals surface area contributed by atoms with Crippen LogP contribution in [0.5, 0.6) is 0 Å². The minimum Gasteiger partial charge on any atom is -0.344 e. The topological polar surface area (TPSA) is 36.8 Å². The molecule has 0 aromatic heterocycles. The van der Waals surface area contributed by atoms with Gasteiger partial charge in [0, 0.05) is 17.4 Å². The molecule has 0 radical (unpaired) electrons. The van der Waals surface area contributed by atoms with Crippen molar-refractivity contribution >= 4 is 22.9 Å². The van der Waals surface area contributed by atoms with E-state index in [2.05, 4.69) is 93.5 Å².